The number of ether oxygens (including phenoxy) is 1. The molecule has 0 fully saturated rings. The third-order valence-corrected chi connectivity index (χ3v) is 4.99. The van der Waals surface area contributed by atoms with Gasteiger partial charge in [0, 0.05) is 23.7 Å². The number of halogens is 1. The first-order valence-corrected chi connectivity index (χ1v) is 8.76. The maximum atomic E-state index is 13.0. The molecule has 2 aromatic rings. The van der Waals surface area contributed by atoms with E-state index in [2.05, 4.69) is 0 Å². The van der Waals surface area contributed by atoms with Crippen LogP contribution in [0.4, 0.5) is 0 Å². The molecule has 25 heavy (non-hydrogen) atoms. The lowest BCUT2D eigenvalue weighted by Crippen LogP contribution is -2.42. The van der Waals surface area contributed by atoms with Crippen LogP contribution in [0, 0.1) is 0 Å². The van der Waals surface area contributed by atoms with Crippen LogP contribution in [-0.2, 0) is 15.0 Å². The Kier molecular flexibility index (Phi) is 4.82. The highest BCUT2D eigenvalue weighted by Gasteiger charge is 2.52. The summed E-state index contributed by atoms with van der Waals surface area (Å²) in [5.74, 6) is -0.0549. The first-order chi connectivity index (χ1) is 12.0. The number of carbonyl (C=O) groups excluding carboxylic acids is 2. The van der Waals surface area contributed by atoms with Crippen LogP contribution in [0.2, 0.25) is 5.02 Å². The van der Waals surface area contributed by atoms with Crippen LogP contribution in [-0.4, -0.2) is 29.9 Å². The van der Waals surface area contributed by atoms with Gasteiger partial charge in [0.25, 0.3) is 0 Å². The van der Waals surface area contributed by atoms with Crippen molar-refractivity contribution >= 4 is 23.5 Å². The molecule has 0 aromatic heterocycles. The van der Waals surface area contributed by atoms with Gasteiger partial charge in [-0.15, -0.1) is 0 Å². The third-order valence-electron chi connectivity index (χ3n) is 4.75. The van der Waals surface area contributed by atoms with Crippen LogP contribution < -0.4 is 4.74 Å². The molecule has 0 spiro atoms. The minimum absolute atomic E-state index is 0.0187. The normalized spacial score (nSPS) is 18.6. The van der Waals surface area contributed by atoms with Gasteiger partial charge in [-0.05, 0) is 37.6 Å². The number of fused-ring (bicyclic) bond motifs is 1. The SMILES string of the molecule is CCN(CC)C(=O)CC1(c2ccccc2)C(=O)Oc2ccc(Cl)cc21. The van der Waals surface area contributed by atoms with Crippen molar-refractivity contribution in [1.82, 2.24) is 4.90 Å². The molecule has 5 heteroatoms. The van der Waals surface area contributed by atoms with Crippen LogP contribution in [0.15, 0.2) is 48.5 Å². The first kappa shape index (κ1) is 17.5. The fraction of sp³-hybridized carbons (Fsp3) is 0.300. The molecule has 0 N–H and O–H groups in total. The van der Waals surface area contributed by atoms with Crippen molar-refractivity contribution in [2.75, 3.05) is 13.1 Å². The molecular formula is C20H20ClNO3. The summed E-state index contributed by atoms with van der Waals surface area (Å²) < 4.78 is 5.51. The number of rotatable bonds is 5. The van der Waals surface area contributed by atoms with Gasteiger partial charge >= 0.3 is 5.97 Å². The number of hydrogen-bond acceptors (Lipinski definition) is 3. The average molecular weight is 358 g/mol. The van der Waals surface area contributed by atoms with Crippen molar-refractivity contribution in [3.05, 3.63) is 64.7 Å². The van der Waals surface area contributed by atoms with Gasteiger partial charge in [-0.3, -0.25) is 9.59 Å². The van der Waals surface area contributed by atoms with Gasteiger partial charge < -0.3 is 9.64 Å². The lowest BCUT2D eigenvalue weighted by atomic mass is 9.72. The van der Waals surface area contributed by atoms with Crippen LogP contribution in [0.3, 0.4) is 0 Å². The monoisotopic (exact) mass is 357 g/mol. The van der Waals surface area contributed by atoms with Crippen molar-refractivity contribution < 1.29 is 14.3 Å². The Bertz CT molecular complexity index is 802. The Labute approximate surface area is 152 Å². The molecule has 0 saturated carbocycles. The van der Waals surface area contributed by atoms with E-state index in [1.54, 1.807) is 23.1 Å². The van der Waals surface area contributed by atoms with Gasteiger partial charge in [-0.1, -0.05) is 41.9 Å². The van der Waals surface area contributed by atoms with Crippen molar-refractivity contribution in [2.45, 2.75) is 25.7 Å². The summed E-state index contributed by atoms with van der Waals surface area (Å²) in [5.41, 5.74) is 0.222. The topological polar surface area (TPSA) is 46.6 Å². The first-order valence-electron chi connectivity index (χ1n) is 8.38. The van der Waals surface area contributed by atoms with Gasteiger partial charge in [-0.25, -0.2) is 0 Å². The minimum atomic E-state index is -1.17. The van der Waals surface area contributed by atoms with Crippen molar-refractivity contribution in [3.63, 3.8) is 0 Å². The van der Waals surface area contributed by atoms with E-state index in [1.807, 2.05) is 44.2 Å². The molecule has 1 heterocycles. The van der Waals surface area contributed by atoms with Crippen LogP contribution >= 0.6 is 11.6 Å². The molecule has 1 atom stereocenters. The summed E-state index contributed by atoms with van der Waals surface area (Å²) in [7, 11) is 0. The summed E-state index contributed by atoms with van der Waals surface area (Å²) >= 11 is 6.18. The third kappa shape index (κ3) is 2.91. The predicted octanol–water partition coefficient (Wildman–Crippen LogP) is 3.80. The van der Waals surface area contributed by atoms with E-state index in [4.69, 9.17) is 16.3 Å². The second kappa shape index (κ2) is 6.89. The Balaban J connectivity index is 2.17. The van der Waals surface area contributed by atoms with Crippen LogP contribution in [0.5, 0.6) is 5.75 Å². The summed E-state index contributed by atoms with van der Waals surface area (Å²) in [6, 6.07) is 14.4. The zero-order valence-electron chi connectivity index (χ0n) is 14.3. The molecule has 1 unspecified atom stereocenters. The van der Waals surface area contributed by atoms with Gasteiger partial charge in [0.1, 0.15) is 11.2 Å². The second-order valence-corrected chi connectivity index (χ2v) is 6.48. The number of amides is 1. The highest BCUT2D eigenvalue weighted by molar-refractivity contribution is 6.30. The fourth-order valence-electron chi connectivity index (χ4n) is 3.40. The number of carbonyl (C=O) groups is 2. The van der Waals surface area contributed by atoms with E-state index in [-0.39, 0.29) is 12.3 Å². The lowest BCUT2D eigenvalue weighted by Gasteiger charge is -2.29. The van der Waals surface area contributed by atoms with E-state index in [0.29, 0.717) is 29.4 Å². The van der Waals surface area contributed by atoms with Gasteiger partial charge in [0.05, 0.1) is 6.42 Å². The standard InChI is InChI=1S/C20H20ClNO3/c1-3-22(4-2)18(23)13-20(14-8-6-5-7-9-14)16-12-15(21)10-11-17(16)25-19(20)24/h5-12H,3-4,13H2,1-2H3. The molecule has 4 nitrogen and oxygen atoms in total. The minimum Gasteiger partial charge on any atom is -0.425 e. The summed E-state index contributed by atoms with van der Waals surface area (Å²) in [6.07, 6.45) is 0.0187. The summed E-state index contributed by atoms with van der Waals surface area (Å²) in [6.45, 7) is 5.04. The van der Waals surface area contributed by atoms with Gasteiger partial charge in [0.2, 0.25) is 5.91 Å². The molecule has 0 bridgehead atoms. The van der Waals surface area contributed by atoms with Crippen LogP contribution in [0.25, 0.3) is 0 Å². The molecule has 1 aliphatic rings. The van der Waals surface area contributed by atoms with Crippen molar-refractivity contribution in [3.8, 4) is 5.75 Å². The Morgan fingerprint density at radius 2 is 1.80 bits per heavy atom. The van der Waals surface area contributed by atoms with Crippen LogP contribution in [0.1, 0.15) is 31.4 Å². The molecule has 0 aliphatic carbocycles. The lowest BCUT2D eigenvalue weighted by molar-refractivity contribution is -0.142. The van der Waals surface area contributed by atoms with Gasteiger partial charge in [0.15, 0.2) is 0 Å². The van der Waals surface area contributed by atoms with E-state index >= 15 is 0 Å². The molecular weight excluding hydrogens is 338 g/mol. The number of nitrogens with zero attached hydrogens (tertiary/aromatic N) is 1. The zero-order valence-corrected chi connectivity index (χ0v) is 15.0. The molecule has 130 valence electrons. The maximum Gasteiger partial charge on any atom is 0.327 e. The quantitative estimate of drug-likeness (QED) is 0.604. The smallest absolute Gasteiger partial charge is 0.327 e. The largest absolute Gasteiger partial charge is 0.425 e. The molecule has 1 aliphatic heterocycles. The van der Waals surface area contributed by atoms with E-state index in [1.165, 1.54) is 0 Å². The maximum absolute atomic E-state index is 13.0. The van der Waals surface area contributed by atoms with E-state index < -0.39 is 11.4 Å². The number of benzene rings is 2. The molecule has 0 radical (unpaired) electrons. The molecule has 3 rings (SSSR count). The second-order valence-electron chi connectivity index (χ2n) is 6.04. The molecule has 0 saturated heterocycles. The van der Waals surface area contributed by atoms with Crippen molar-refractivity contribution in [2.24, 2.45) is 0 Å². The zero-order chi connectivity index (χ0) is 18.0. The Morgan fingerprint density at radius 1 is 1.12 bits per heavy atom. The van der Waals surface area contributed by atoms with E-state index in [0.717, 1.165) is 5.56 Å². The van der Waals surface area contributed by atoms with E-state index in [9.17, 15) is 9.59 Å². The molecule has 1 amide bonds. The van der Waals surface area contributed by atoms with Gasteiger partial charge in [-0.2, -0.15) is 0 Å². The number of hydrogen-bond donors (Lipinski definition) is 0. The predicted molar refractivity (Wildman–Crippen MR) is 96.9 cm³/mol. The highest BCUT2D eigenvalue weighted by atomic mass is 35.5. The highest BCUT2D eigenvalue weighted by Crippen LogP contribution is 2.47. The van der Waals surface area contributed by atoms with Crippen molar-refractivity contribution in [1.29, 1.82) is 0 Å². The molecule has 2 aromatic carbocycles. The number of esters is 1. The summed E-state index contributed by atoms with van der Waals surface area (Å²) in [4.78, 5) is 27.6. The Morgan fingerprint density at radius 3 is 2.44 bits per heavy atom. The fourth-order valence-corrected chi connectivity index (χ4v) is 3.57. The Hall–Kier alpha value is -2.33. The summed E-state index contributed by atoms with van der Waals surface area (Å²) in [5, 5.41) is 0.507. The average Bonchev–Trinajstić information content (AvgIpc) is 2.89.